The third-order valence-corrected chi connectivity index (χ3v) is 2.58. The number of nitrogens with two attached hydrogens (primary N) is 1. The molecule has 0 amide bonds. The maximum atomic E-state index is 13.2. The fourth-order valence-electron chi connectivity index (χ4n) is 1.67. The van der Waals surface area contributed by atoms with E-state index >= 15 is 0 Å². The molecule has 0 aliphatic carbocycles. The van der Waals surface area contributed by atoms with Crippen LogP contribution in [0.4, 0.5) is 20.2 Å². The van der Waals surface area contributed by atoms with E-state index in [0.29, 0.717) is 13.0 Å². The number of nitrogens with one attached hydrogen (secondary N) is 1. The zero-order valence-electron chi connectivity index (χ0n) is 9.95. The second-order valence-corrected chi connectivity index (χ2v) is 4.05. The van der Waals surface area contributed by atoms with E-state index in [-0.39, 0.29) is 11.4 Å². The Morgan fingerprint density at radius 2 is 2.17 bits per heavy atom. The van der Waals surface area contributed by atoms with E-state index in [9.17, 15) is 8.78 Å². The largest absolute Gasteiger partial charge is 0.395 e. The molecule has 0 unspecified atom stereocenters. The van der Waals surface area contributed by atoms with Crippen molar-refractivity contribution in [2.45, 2.75) is 6.42 Å². The van der Waals surface area contributed by atoms with Crippen LogP contribution in [0, 0.1) is 11.6 Å². The molecule has 0 saturated carbocycles. The highest BCUT2D eigenvalue weighted by Gasteiger charge is 2.07. The Hall–Kier alpha value is -2.11. The molecule has 1 aromatic carbocycles. The average Bonchev–Trinajstić information content (AvgIpc) is 2.71. The summed E-state index contributed by atoms with van der Waals surface area (Å²) in [6.07, 6.45) is 4.33. The van der Waals surface area contributed by atoms with Crippen molar-refractivity contribution in [3.63, 3.8) is 0 Å². The number of halogens is 2. The maximum Gasteiger partial charge on any atom is 0.151 e. The Morgan fingerprint density at radius 3 is 2.83 bits per heavy atom. The lowest BCUT2D eigenvalue weighted by Crippen LogP contribution is -2.08. The highest BCUT2D eigenvalue weighted by molar-refractivity contribution is 5.66. The van der Waals surface area contributed by atoms with Gasteiger partial charge in [-0.1, -0.05) is 0 Å². The Kier molecular flexibility index (Phi) is 3.45. The average molecular weight is 252 g/mol. The first-order chi connectivity index (χ1) is 8.56. The first-order valence-corrected chi connectivity index (χ1v) is 5.52. The molecule has 2 aromatic rings. The van der Waals surface area contributed by atoms with E-state index in [1.54, 1.807) is 10.9 Å². The maximum absolute atomic E-state index is 13.2. The van der Waals surface area contributed by atoms with Crippen molar-refractivity contribution in [1.29, 1.82) is 0 Å². The highest BCUT2D eigenvalue weighted by Crippen LogP contribution is 2.23. The van der Waals surface area contributed by atoms with Crippen molar-refractivity contribution in [3.05, 3.63) is 41.7 Å². The van der Waals surface area contributed by atoms with Crippen LogP contribution >= 0.6 is 0 Å². The predicted molar refractivity (Wildman–Crippen MR) is 66.2 cm³/mol. The monoisotopic (exact) mass is 252 g/mol. The van der Waals surface area contributed by atoms with Crippen molar-refractivity contribution in [2.24, 2.45) is 7.05 Å². The minimum atomic E-state index is -0.751. The summed E-state index contributed by atoms with van der Waals surface area (Å²) in [5, 5.41) is 6.94. The van der Waals surface area contributed by atoms with Gasteiger partial charge in [0.2, 0.25) is 0 Å². The van der Waals surface area contributed by atoms with E-state index in [0.717, 1.165) is 11.6 Å². The molecule has 2 rings (SSSR count). The zero-order valence-corrected chi connectivity index (χ0v) is 9.95. The van der Waals surface area contributed by atoms with Crippen molar-refractivity contribution >= 4 is 11.4 Å². The smallest absolute Gasteiger partial charge is 0.151 e. The van der Waals surface area contributed by atoms with Gasteiger partial charge in [0.25, 0.3) is 0 Å². The van der Waals surface area contributed by atoms with Gasteiger partial charge in [-0.25, -0.2) is 8.78 Å². The summed E-state index contributed by atoms with van der Waals surface area (Å²) < 4.78 is 27.9. The minimum absolute atomic E-state index is 0.0670. The molecule has 0 radical (unpaired) electrons. The molecule has 0 atom stereocenters. The molecule has 0 spiro atoms. The third-order valence-electron chi connectivity index (χ3n) is 2.58. The molecule has 1 heterocycles. The summed E-state index contributed by atoms with van der Waals surface area (Å²) in [4.78, 5) is 0. The van der Waals surface area contributed by atoms with Crippen molar-refractivity contribution < 1.29 is 8.78 Å². The van der Waals surface area contributed by atoms with Gasteiger partial charge in [-0.2, -0.15) is 5.10 Å². The zero-order chi connectivity index (χ0) is 13.1. The number of aromatic nitrogens is 2. The molecule has 0 saturated heterocycles. The number of aryl methyl sites for hydroxylation is 1. The van der Waals surface area contributed by atoms with Gasteiger partial charge in [-0.3, -0.25) is 4.68 Å². The number of benzene rings is 1. The highest BCUT2D eigenvalue weighted by atomic mass is 19.1. The van der Waals surface area contributed by atoms with Gasteiger partial charge >= 0.3 is 0 Å². The fourth-order valence-corrected chi connectivity index (χ4v) is 1.67. The SMILES string of the molecule is Cn1cc(CCNc2cc(F)cc(F)c2N)cn1. The molecule has 0 fully saturated rings. The molecule has 3 N–H and O–H groups in total. The van der Waals surface area contributed by atoms with Crippen LogP contribution in [0.25, 0.3) is 0 Å². The van der Waals surface area contributed by atoms with Crippen LogP contribution in [0.5, 0.6) is 0 Å². The summed E-state index contributed by atoms with van der Waals surface area (Å²) in [5.74, 6) is -1.40. The number of nitrogen functional groups attached to an aromatic ring is 1. The Balaban J connectivity index is 1.98. The van der Waals surface area contributed by atoms with Gasteiger partial charge in [-0.05, 0) is 18.1 Å². The lowest BCUT2D eigenvalue weighted by molar-refractivity contribution is 0.587. The first kappa shape index (κ1) is 12.3. The van der Waals surface area contributed by atoms with Gasteiger partial charge in [0, 0.05) is 25.9 Å². The van der Waals surface area contributed by atoms with Gasteiger partial charge in [0.1, 0.15) is 5.82 Å². The van der Waals surface area contributed by atoms with Gasteiger partial charge < -0.3 is 11.1 Å². The molecule has 4 nitrogen and oxygen atoms in total. The second-order valence-electron chi connectivity index (χ2n) is 4.05. The van der Waals surface area contributed by atoms with E-state index in [1.807, 2.05) is 13.2 Å². The molecular weight excluding hydrogens is 238 g/mol. The van der Waals surface area contributed by atoms with E-state index < -0.39 is 11.6 Å². The van der Waals surface area contributed by atoms with Crippen molar-refractivity contribution in [1.82, 2.24) is 9.78 Å². The van der Waals surface area contributed by atoms with Gasteiger partial charge in [0.05, 0.1) is 17.6 Å². The van der Waals surface area contributed by atoms with Crippen LogP contribution in [0.2, 0.25) is 0 Å². The van der Waals surface area contributed by atoms with Crippen molar-refractivity contribution in [3.8, 4) is 0 Å². The topological polar surface area (TPSA) is 55.9 Å². The number of anilines is 2. The third kappa shape index (κ3) is 2.77. The van der Waals surface area contributed by atoms with Gasteiger partial charge in [0.15, 0.2) is 5.82 Å². The fraction of sp³-hybridized carbons (Fsp3) is 0.250. The lowest BCUT2D eigenvalue weighted by atomic mass is 10.2. The van der Waals surface area contributed by atoms with Gasteiger partial charge in [-0.15, -0.1) is 0 Å². The van der Waals surface area contributed by atoms with Crippen LogP contribution in [0.15, 0.2) is 24.5 Å². The van der Waals surface area contributed by atoms with Crippen LogP contribution in [0.3, 0.4) is 0 Å². The number of rotatable bonds is 4. The summed E-state index contributed by atoms with van der Waals surface area (Å²) in [6.45, 7) is 0.527. The molecule has 96 valence electrons. The van der Waals surface area contributed by atoms with Crippen LogP contribution in [-0.4, -0.2) is 16.3 Å². The molecule has 1 aromatic heterocycles. The van der Waals surface area contributed by atoms with Crippen molar-refractivity contribution in [2.75, 3.05) is 17.6 Å². The molecule has 0 bridgehead atoms. The number of hydrogen-bond acceptors (Lipinski definition) is 3. The van der Waals surface area contributed by atoms with Crippen LogP contribution in [-0.2, 0) is 13.5 Å². The van der Waals surface area contributed by atoms with E-state index in [4.69, 9.17) is 5.73 Å². The predicted octanol–water partition coefficient (Wildman–Crippen LogP) is 1.94. The molecule has 0 aliphatic rings. The molecule has 18 heavy (non-hydrogen) atoms. The minimum Gasteiger partial charge on any atom is -0.395 e. The first-order valence-electron chi connectivity index (χ1n) is 5.52. The Morgan fingerprint density at radius 1 is 1.39 bits per heavy atom. The summed E-state index contributed by atoms with van der Waals surface area (Å²) in [5.41, 5.74) is 6.76. The Labute approximate surface area is 103 Å². The van der Waals surface area contributed by atoms with Crippen LogP contribution in [0.1, 0.15) is 5.56 Å². The normalized spacial score (nSPS) is 10.6. The molecule has 6 heteroatoms. The van der Waals surface area contributed by atoms with E-state index in [1.165, 1.54) is 6.07 Å². The summed E-state index contributed by atoms with van der Waals surface area (Å²) >= 11 is 0. The van der Waals surface area contributed by atoms with Crippen LogP contribution < -0.4 is 11.1 Å². The quantitative estimate of drug-likeness (QED) is 0.817. The lowest BCUT2D eigenvalue weighted by Gasteiger charge is -2.09. The second kappa shape index (κ2) is 5.03. The molecular formula is C12H14F2N4. The van der Waals surface area contributed by atoms with E-state index in [2.05, 4.69) is 10.4 Å². The molecule has 0 aliphatic heterocycles. The number of nitrogens with zero attached hydrogens (tertiary/aromatic N) is 2. The summed E-state index contributed by atoms with van der Waals surface area (Å²) in [6, 6.07) is 1.95. The number of hydrogen-bond donors (Lipinski definition) is 2. The Bertz CT molecular complexity index is 551. The summed E-state index contributed by atoms with van der Waals surface area (Å²) in [7, 11) is 1.83. The standard InChI is InChI=1S/C12H14F2N4/c1-18-7-8(6-17-18)2-3-16-11-5-9(13)4-10(14)12(11)15/h4-7,16H,2-3,15H2,1H3.